The van der Waals surface area contributed by atoms with Crippen LogP contribution in [0.1, 0.15) is 44.9 Å². The number of hydrogen-bond acceptors (Lipinski definition) is 2. The van der Waals surface area contributed by atoms with Gasteiger partial charge in [0.2, 0.25) is 5.91 Å². The Hall–Kier alpha value is -0.280. The number of aliphatic hydroxyl groups excluding tert-OH is 1. The van der Waals surface area contributed by atoms with Gasteiger partial charge in [0.15, 0.2) is 0 Å². The molecule has 94 valence electrons. The molecule has 0 bridgehead atoms. The fourth-order valence-corrected chi connectivity index (χ4v) is 2.26. The number of unbranched alkanes of at least 4 members (excludes halogenated alkanes) is 1. The normalized spacial score (nSPS) is 25.4. The van der Waals surface area contributed by atoms with E-state index in [-0.39, 0.29) is 12.0 Å². The van der Waals surface area contributed by atoms with Crippen LogP contribution in [0.15, 0.2) is 0 Å². The van der Waals surface area contributed by atoms with Crippen molar-refractivity contribution >= 4 is 17.5 Å². The molecule has 0 spiro atoms. The summed E-state index contributed by atoms with van der Waals surface area (Å²) in [7, 11) is 0. The van der Waals surface area contributed by atoms with Gasteiger partial charge < -0.3 is 10.4 Å². The van der Waals surface area contributed by atoms with Crippen molar-refractivity contribution in [2.45, 2.75) is 51.0 Å². The highest BCUT2D eigenvalue weighted by Crippen LogP contribution is 2.23. The monoisotopic (exact) mass is 247 g/mol. The lowest BCUT2D eigenvalue weighted by atomic mass is 9.87. The van der Waals surface area contributed by atoms with Gasteiger partial charge in [-0.25, -0.2) is 0 Å². The van der Waals surface area contributed by atoms with E-state index in [4.69, 9.17) is 11.6 Å². The summed E-state index contributed by atoms with van der Waals surface area (Å²) in [5, 5.41) is 12.3. The average molecular weight is 248 g/mol. The molecule has 16 heavy (non-hydrogen) atoms. The van der Waals surface area contributed by atoms with Crippen LogP contribution in [0, 0.1) is 5.92 Å². The standard InChI is InChI=1S/C12H22ClNO2/c13-8-2-1-3-12(16)14-9-10-4-6-11(15)7-5-10/h10-11,15H,1-9H2,(H,14,16). The summed E-state index contributed by atoms with van der Waals surface area (Å²) in [6, 6.07) is 0. The Morgan fingerprint density at radius 1 is 1.25 bits per heavy atom. The SMILES string of the molecule is O=C(CCCCCl)NCC1CCC(O)CC1. The summed E-state index contributed by atoms with van der Waals surface area (Å²) >= 11 is 5.54. The van der Waals surface area contributed by atoms with Gasteiger partial charge in [-0.1, -0.05) is 0 Å². The van der Waals surface area contributed by atoms with Gasteiger partial charge >= 0.3 is 0 Å². The average Bonchev–Trinajstić information content (AvgIpc) is 2.29. The molecule has 0 aromatic heterocycles. The van der Waals surface area contributed by atoms with Crippen molar-refractivity contribution in [3.8, 4) is 0 Å². The molecule has 0 unspecified atom stereocenters. The minimum Gasteiger partial charge on any atom is -0.393 e. The van der Waals surface area contributed by atoms with Gasteiger partial charge in [-0.3, -0.25) is 4.79 Å². The van der Waals surface area contributed by atoms with Crippen LogP contribution >= 0.6 is 11.6 Å². The molecule has 0 radical (unpaired) electrons. The summed E-state index contributed by atoms with van der Waals surface area (Å²) in [5.74, 6) is 1.32. The summed E-state index contributed by atoms with van der Waals surface area (Å²) in [6.07, 6.45) is 6.08. The van der Waals surface area contributed by atoms with Crippen molar-refractivity contribution in [3.63, 3.8) is 0 Å². The van der Waals surface area contributed by atoms with E-state index in [1.807, 2.05) is 0 Å². The molecule has 0 aliphatic heterocycles. The number of carbonyl (C=O) groups is 1. The first-order valence-electron chi connectivity index (χ1n) is 6.23. The number of carbonyl (C=O) groups excluding carboxylic acids is 1. The lowest BCUT2D eigenvalue weighted by molar-refractivity contribution is -0.121. The number of nitrogens with one attached hydrogen (secondary N) is 1. The smallest absolute Gasteiger partial charge is 0.220 e. The zero-order valence-corrected chi connectivity index (χ0v) is 10.5. The van der Waals surface area contributed by atoms with E-state index in [1.54, 1.807) is 0 Å². The summed E-state index contributed by atoms with van der Waals surface area (Å²) in [5.41, 5.74) is 0. The first-order chi connectivity index (χ1) is 7.72. The van der Waals surface area contributed by atoms with Gasteiger partial charge in [-0.05, 0) is 44.4 Å². The largest absolute Gasteiger partial charge is 0.393 e. The third-order valence-electron chi connectivity index (χ3n) is 3.19. The second kappa shape index (κ2) is 7.91. The zero-order valence-electron chi connectivity index (χ0n) is 9.75. The van der Waals surface area contributed by atoms with Gasteiger partial charge in [0.1, 0.15) is 0 Å². The topological polar surface area (TPSA) is 49.3 Å². The third-order valence-corrected chi connectivity index (χ3v) is 3.46. The van der Waals surface area contributed by atoms with E-state index in [0.29, 0.717) is 18.2 Å². The summed E-state index contributed by atoms with van der Waals surface area (Å²) in [4.78, 5) is 11.4. The van der Waals surface area contributed by atoms with Crippen molar-refractivity contribution in [2.24, 2.45) is 5.92 Å². The van der Waals surface area contributed by atoms with Crippen molar-refractivity contribution in [2.75, 3.05) is 12.4 Å². The van der Waals surface area contributed by atoms with Crippen molar-refractivity contribution in [1.82, 2.24) is 5.32 Å². The molecule has 0 heterocycles. The number of amides is 1. The minimum atomic E-state index is -0.115. The molecule has 1 rings (SSSR count). The van der Waals surface area contributed by atoms with Crippen molar-refractivity contribution in [3.05, 3.63) is 0 Å². The van der Waals surface area contributed by atoms with Crippen LogP contribution in [-0.4, -0.2) is 29.5 Å². The van der Waals surface area contributed by atoms with Gasteiger partial charge in [0.25, 0.3) is 0 Å². The molecule has 1 fully saturated rings. The van der Waals surface area contributed by atoms with Crippen LogP contribution in [0.3, 0.4) is 0 Å². The minimum absolute atomic E-state index is 0.115. The maximum Gasteiger partial charge on any atom is 0.220 e. The zero-order chi connectivity index (χ0) is 11.8. The van der Waals surface area contributed by atoms with Crippen molar-refractivity contribution < 1.29 is 9.90 Å². The fourth-order valence-electron chi connectivity index (χ4n) is 2.08. The van der Waals surface area contributed by atoms with Crippen LogP contribution < -0.4 is 5.32 Å². The maximum absolute atomic E-state index is 11.4. The van der Waals surface area contributed by atoms with Crippen LogP contribution in [0.4, 0.5) is 0 Å². The molecule has 0 aromatic carbocycles. The summed E-state index contributed by atoms with van der Waals surface area (Å²) in [6.45, 7) is 0.770. The summed E-state index contributed by atoms with van der Waals surface area (Å²) < 4.78 is 0. The first kappa shape index (κ1) is 13.8. The van der Waals surface area contributed by atoms with Gasteiger partial charge in [0.05, 0.1) is 6.10 Å². The van der Waals surface area contributed by atoms with E-state index in [2.05, 4.69) is 5.32 Å². The van der Waals surface area contributed by atoms with Crippen LogP contribution in [-0.2, 0) is 4.79 Å². The molecule has 1 saturated carbocycles. The highest BCUT2D eigenvalue weighted by molar-refractivity contribution is 6.17. The maximum atomic E-state index is 11.4. The second-order valence-electron chi connectivity index (χ2n) is 4.62. The van der Waals surface area contributed by atoms with E-state index >= 15 is 0 Å². The molecule has 1 aliphatic rings. The van der Waals surface area contributed by atoms with E-state index in [9.17, 15) is 9.90 Å². The van der Waals surface area contributed by atoms with Crippen LogP contribution in [0.5, 0.6) is 0 Å². The Balaban J connectivity index is 2.03. The van der Waals surface area contributed by atoms with Crippen LogP contribution in [0.25, 0.3) is 0 Å². The van der Waals surface area contributed by atoms with Crippen molar-refractivity contribution in [1.29, 1.82) is 0 Å². The molecular weight excluding hydrogens is 226 g/mol. The molecule has 4 heteroatoms. The van der Waals surface area contributed by atoms with Gasteiger partial charge in [-0.2, -0.15) is 0 Å². The molecule has 0 saturated heterocycles. The van der Waals surface area contributed by atoms with E-state index in [0.717, 1.165) is 45.1 Å². The fraction of sp³-hybridized carbons (Fsp3) is 0.917. The van der Waals surface area contributed by atoms with E-state index < -0.39 is 0 Å². The molecule has 1 amide bonds. The number of alkyl halides is 1. The lowest BCUT2D eigenvalue weighted by Crippen LogP contribution is -2.31. The van der Waals surface area contributed by atoms with Gasteiger partial charge in [-0.15, -0.1) is 11.6 Å². The van der Waals surface area contributed by atoms with Crippen LogP contribution in [0.2, 0.25) is 0 Å². The molecule has 3 nitrogen and oxygen atoms in total. The molecule has 1 aliphatic carbocycles. The Kier molecular flexibility index (Phi) is 6.81. The Bertz CT molecular complexity index is 203. The molecular formula is C12H22ClNO2. The molecule has 0 atom stereocenters. The number of rotatable bonds is 6. The molecule has 0 aromatic rings. The second-order valence-corrected chi connectivity index (χ2v) is 5.00. The number of aliphatic hydroxyl groups is 1. The van der Waals surface area contributed by atoms with Gasteiger partial charge in [0, 0.05) is 18.8 Å². The number of halogens is 1. The highest BCUT2D eigenvalue weighted by Gasteiger charge is 2.19. The lowest BCUT2D eigenvalue weighted by Gasteiger charge is -2.25. The third kappa shape index (κ3) is 5.71. The first-order valence-corrected chi connectivity index (χ1v) is 6.76. The predicted molar refractivity (Wildman–Crippen MR) is 65.5 cm³/mol. The molecule has 2 N–H and O–H groups in total. The predicted octanol–water partition coefficient (Wildman–Crippen LogP) is 2.06. The Morgan fingerprint density at radius 2 is 1.94 bits per heavy atom. The van der Waals surface area contributed by atoms with E-state index in [1.165, 1.54) is 0 Å². The highest BCUT2D eigenvalue weighted by atomic mass is 35.5. The number of hydrogen-bond donors (Lipinski definition) is 2. The Morgan fingerprint density at radius 3 is 2.56 bits per heavy atom. The Labute approximate surface area is 103 Å². The quantitative estimate of drug-likeness (QED) is 0.558.